The summed E-state index contributed by atoms with van der Waals surface area (Å²) in [6.07, 6.45) is 5.78. The number of halogens is 2. The van der Waals surface area contributed by atoms with Crippen LogP contribution in [0.4, 0.5) is 0 Å². The van der Waals surface area contributed by atoms with Crippen LogP contribution in [0.2, 0.25) is 10.0 Å². The van der Waals surface area contributed by atoms with E-state index in [0.717, 1.165) is 10.0 Å². The number of benzene rings is 3. The summed E-state index contributed by atoms with van der Waals surface area (Å²) in [6, 6.07) is 27.0. The molecule has 0 radical (unpaired) electrons. The molecule has 4 aromatic rings. The first-order chi connectivity index (χ1) is 13.2. The zero-order valence-corrected chi connectivity index (χ0v) is 17.5. The summed E-state index contributed by atoms with van der Waals surface area (Å²) in [5.74, 6) is 0. The first-order valence-corrected chi connectivity index (χ1v) is 10.9. The van der Waals surface area contributed by atoms with E-state index in [1.165, 1.54) is 16.3 Å². The van der Waals surface area contributed by atoms with Gasteiger partial charge in [-0.05, 0) is 35.4 Å². The molecule has 2 nitrogen and oxygen atoms in total. The van der Waals surface area contributed by atoms with Gasteiger partial charge in [-0.15, -0.1) is 0 Å². The molecule has 3 aromatic carbocycles. The fourth-order valence-electron chi connectivity index (χ4n) is 3.59. The normalized spacial score (nSPS) is 11.9. The Labute approximate surface area is 171 Å². The molecule has 0 unspecified atom stereocenters. The molecule has 0 fully saturated rings. The molecule has 0 aliphatic rings. The first-order valence-electron chi connectivity index (χ1n) is 8.73. The van der Waals surface area contributed by atoms with Crippen molar-refractivity contribution < 1.29 is 0 Å². The van der Waals surface area contributed by atoms with E-state index in [1.807, 2.05) is 43.0 Å². The van der Waals surface area contributed by atoms with E-state index in [9.17, 15) is 0 Å². The van der Waals surface area contributed by atoms with Gasteiger partial charge in [0, 0.05) is 22.4 Å². The Kier molecular flexibility index (Phi) is 5.17. The Morgan fingerprint density at radius 2 is 1.30 bits per heavy atom. The Hall–Kier alpha value is -2.33. The Morgan fingerprint density at radius 1 is 0.741 bits per heavy atom. The number of imidazole rings is 1. The molecular formula is C22H18Cl2N2Si. The molecule has 5 heteroatoms. The summed E-state index contributed by atoms with van der Waals surface area (Å²) in [5.41, 5.74) is 2.39. The molecule has 0 aliphatic heterocycles. The number of rotatable bonds is 5. The SMILES string of the molecule is Clc1ccc(C([SiH2]c2ccccc2)(c2ccc(Cl)cc2)n2ccnc2)cc1. The highest BCUT2D eigenvalue weighted by atomic mass is 35.5. The predicted octanol–water partition coefficient (Wildman–Crippen LogP) is 4.43. The van der Waals surface area contributed by atoms with Crippen LogP contribution in [0.15, 0.2) is 97.6 Å². The zero-order chi connectivity index (χ0) is 18.7. The molecule has 27 heavy (non-hydrogen) atoms. The highest BCUT2D eigenvalue weighted by Crippen LogP contribution is 2.34. The number of nitrogens with zero attached hydrogens (tertiary/aromatic N) is 2. The molecule has 4 rings (SSSR count). The van der Waals surface area contributed by atoms with Crippen molar-refractivity contribution >= 4 is 37.9 Å². The lowest BCUT2D eigenvalue weighted by atomic mass is 9.97. The summed E-state index contributed by atoms with van der Waals surface area (Å²) < 4.78 is 2.22. The number of hydrogen-bond acceptors (Lipinski definition) is 1. The lowest BCUT2D eigenvalue weighted by Crippen LogP contribution is -2.46. The lowest BCUT2D eigenvalue weighted by molar-refractivity contribution is 0.596. The number of hydrogen-bond donors (Lipinski definition) is 0. The second-order valence-corrected chi connectivity index (χ2v) is 9.57. The van der Waals surface area contributed by atoms with Crippen LogP contribution >= 0.6 is 23.2 Å². The van der Waals surface area contributed by atoms with Crippen molar-refractivity contribution in [3.63, 3.8) is 0 Å². The zero-order valence-electron chi connectivity index (χ0n) is 14.6. The largest absolute Gasteiger partial charge is 0.326 e. The summed E-state index contributed by atoms with van der Waals surface area (Å²) in [5, 5.41) is 2.51. The summed E-state index contributed by atoms with van der Waals surface area (Å²) in [6.45, 7) is 0. The molecule has 0 atom stereocenters. The van der Waals surface area contributed by atoms with E-state index < -0.39 is 9.52 Å². The molecule has 1 heterocycles. The van der Waals surface area contributed by atoms with E-state index in [1.54, 1.807) is 0 Å². The Balaban J connectivity index is 1.98. The van der Waals surface area contributed by atoms with Gasteiger partial charge in [0.05, 0.1) is 21.0 Å². The minimum absolute atomic E-state index is 0.326. The average molecular weight is 409 g/mol. The van der Waals surface area contributed by atoms with Gasteiger partial charge < -0.3 is 4.57 Å². The number of aromatic nitrogens is 2. The van der Waals surface area contributed by atoms with Crippen LogP contribution < -0.4 is 5.19 Å². The van der Waals surface area contributed by atoms with Gasteiger partial charge in [0.25, 0.3) is 0 Å². The third kappa shape index (κ3) is 3.59. The highest BCUT2D eigenvalue weighted by Gasteiger charge is 2.36. The molecule has 0 bridgehead atoms. The smallest absolute Gasteiger partial charge is 0.0965 e. The molecule has 134 valence electrons. The third-order valence-corrected chi connectivity index (χ3v) is 7.97. The van der Waals surface area contributed by atoms with Crippen molar-refractivity contribution in [2.45, 2.75) is 5.16 Å². The second kappa shape index (κ2) is 7.73. The predicted molar refractivity (Wildman–Crippen MR) is 116 cm³/mol. The van der Waals surface area contributed by atoms with Crippen molar-refractivity contribution in [3.8, 4) is 0 Å². The van der Waals surface area contributed by atoms with Crippen LogP contribution in [-0.4, -0.2) is 19.1 Å². The quantitative estimate of drug-likeness (QED) is 0.446. The van der Waals surface area contributed by atoms with Crippen molar-refractivity contribution in [3.05, 3.63) is 119 Å². The van der Waals surface area contributed by atoms with Gasteiger partial charge in [0.15, 0.2) is 0 Å². The van der Waals surface area contributed by atoms with Gasteiger partial charge >= 0.3 is 0 Å². The maximum absolute atomic E-state index is 6.19. The van der Waals surface area contributed by atoms with Crippen molar-refractivity contribution in [1.29, 1.82) is 0 Å². The molecule has 0 spiro atoms. The summed E-state index contributed by atoms with van der Waals surface area (Å²) >= 11 is 12.4. The minimum Gasteiger partial charge on any atom is -0.326 e. The minimum atomic E-state index is -0.858. The van der Waals surface area contributed by atoms with Crippen LogP contribution in [0, 0.1) is 0 Å². The van der Waals surface area contributed by atoms with Gasteiger partial charge in [-0.25, -0.2) is 4.98 Å². The van der Waals surface area contributed by atoms with Crippen LogP contribution in [0.5, 0.6) is 0 Å². The molecule has 0 amide bonds. The first kappa shape index (κ1) is 18.0. The molecule has 0 saturated carbocycles. The molecule has 0 N–H and O–H groups in total. The molecule has 1 aromatic heterocycles. The average Bonchev–Trinajstić information content (AvgIpc) is 3.24. The van der Waals surface area contributed by atoms with E-state index in [4.69, 9.17) is 23.2 Å². The van der Waals surface area contributed by atoms with Crippen LogP contribution in [0.1, 0.15) is 11.1 Å². The second-order valence-electron chi connectivity index (χ2n) is 6.51. The van der Waals surface area contributed by atoms with Gasteiger partial charge in [0.1, 0.15) is 0 Å². The van der Waals surface area contributed by atoms with E-state index >= 15 is 0 Å². The van der Waals surface area contributed by atoms with Crippen molar-refractivity contribution in [1.82, 2.24) is 9.55 Å². The van der Waals surface area contributed by atoms with Gasteiger partial charge in [-0.2, -0.15) is 0 Å². The maximum Gasteiger partial charge on any atom is 0.0965 e. The van der Waals surface area contributed by atoms with E-state index in [0.29, 0.717) is 0 Å². The van der Waals surface area contributed by atoms with Gasteiger partial charge in [-0.3, -0.25) is 0 Å². The van der Waals surface area contributed by atoms with Crippen LogP contribution in [0.25, 0.3) is 0 Å². The third-order valence-electron chi connectivity index (χ3n) is 4.89. The summed E-state index contributed by atoms with van der Waals surface area (Å²) in [4.78, 5) is 4.35. The lowest BCUT2D eigenvalue weighted by Gasteiger charge is -2.37. The Bertz CT molecular complexity index is 953. The van der Waals surface area contributed by atoms with Gasteiger partial charge in [0.2, 0.25) is 0 Å². The molecular weight excluding hydrogens is 391 g/mol. The van der Waals surface area contributed by atoms with Crippen molar-refractivity contribution in [2.24, 2.45) is 0 Å². The standard InChI is InChI=1S/C22H18Cl2N2Si/c23-19-10-6-17(7-11-19)22(26-15-14-25-16-26,18-8-12-20(24)13-9-18)27-21-4-2-1-3-5-21/h1-16H,27H2. The van der Waals surface area contributed by atoms with E-state index in [-0.39, 0.29) is 5.16 Å². The van der Waals surface area contributed by atoms with Crippen LogP contribution in [0.3, 0.4) is 0 Å². The monoisotopic (exact) mass is 408 g/mol. The maximum atomic E-state index is 6.19. The topological polar surface area (TPSA) is 17.8 Å². The van der Waals surface area contributed by atoms with Gasteiger partial charge in [-0.1, -0.05) is 83.0 Å². The van der Waals surface area contributed by atoms with Crippen molar-refractivity contribution in [2.75, 3.05) is 0 Å². The highest BCUT2D eigenvalue weighted by molar-refractivity contribution is 6.57. The fraction of sp³-hybridized carbons (Fsp3) is 0.0455. The summed E-state index contributed by atoms with van der Waals surface area (Å²) in [7, 11) is -0.858. The Morgan fingerprint density at radius 3 is 1.78 bits per heavy atom. The fourth-order valence-corrected chi connectivity index (χ4v) is 6.19. The van der Waals surface area contributed by atoms with Crippen LogP contribution in [-0.2, 0) is 5.16 Å². The molecule has 0 saturated heterocycles. The van der Waals surface area contributed by atoms with E-state index in [2.05, 4.69) is 64.1 Å². The molecule has 0 aliphatic carbocycles.